The van der Waals surface area contributed by atoms with Gasteiger partial charge < -0.3 is 5.11 Å². The Morgan fingerprint density at radius 1 is 1.41 bits per heavy atom. The molecule has 1 aromatic rings. The summed E-state index contributed by atoms with van der Waals surface area (Å²) in [6.45, 7) is 0.887. The number of hydrogen-bond donors (Lipinski definition) is 1. The van der Waals surface area contributed by atoms with E-state index >= 15 is 0 Å². The predicted octanol–water partition coefficient (Wildman–Crippen LogP) is 1.94. The Morgan fingerprint density at radius 3 is 2.82 bits per heavy atom. The van der Waals surface area contributed by atoms with Crippen LogP contribution in [0.2, 0.25) is 5.15 Å². The average molecular weight is 257 g/mol. The summed E-state index contributed by atoms with van der Waals surface area (Å²) in [7, 11) is 0. The molecule has 1 fully saturated rings. The standard InChI is InChI=1S/C12H17ClN2O2/c13-10-8-11(17)15(6-2-1-3-7-16)12(14-10)9-4-5-9/h8-9,16H,1-7H2. The van der Waals surface area contributed by atoms with Gasteiger partial charge in [0.25, 0.3) is 5.56 Å². The summed E-state index contributed by atoms with van der Waals surface area (Å²) in [4.78, 5) is 16.1. The lowest BCUT2D eigenvalue weighted by Crippen LogP contribution is -2.24. The zero-order valence-corrected chi connectivity index (χ0v) is 10.5. The summed E-state index contributed by atoms with van der Waals surface area (Å²) >= 11 is 5.82. The van der Waals surface area contributed by atoms with Crippen LogP contribution in [0.1, 0.15) is 43.8 Å². The molecule has 0 spiro atoms. The van der Waals surface area contributed by atoms with Crippen molar-refractivity contribution in [3.63, 3.8) is 0 Å². The summed E-state index contributed by atoms with van der Waals surface area (Å²) in [6.07, 6.45) is 4.81. The maximum absolute atomic E-state index is 11.8. The van der Waals surface area contributed by atoms with Gasteiger partial charge in [-0.15, -0.1) is 0 Å². The van der Waals surface area contributed by atoms with Gasteiger partial charge in [-0.2, -0.15) is 0 Å². The molecule has 1 aromatic heterocycles. The fraction of sp³-hybridized carbons (Fsp3) is 0.667. The normalized spacial score (nSPS) is 15.2. The molecule has 1 aliphatic rings. The highest BCUT2D eigenvalue weighted by Gasteiger charge is 2.28. The van der Waals surface area contributed by atoms with Crippen LogP contribution in [0.5, 0.6) is 0 Å². The van der Waals surface area contributed by atoms with Gasteiger partial charge in [0, 0.05) is 25.1 Å². The first-order valence-electron chi connectivity index (χ1n) is 6.10. The largest absolute Gasteiger partial charge is 0.396 e. The van der Waals surface area contributed by atoms with E-state index in [1.54, 1.807) is 4.57 Å². The lowest BCUT2D eigenvalue weighted by Gasteiger charge is -2.11. The molecule has 94 valence electrons. The molecule has 0 saturated heterocycles. The zero-order chi connectivity index (χ0) is 12.3. The maximum Gasteiger partial charge on any atom is 0.254 e. The Labute approximate surface area is 105 Å². The second kappa shape index (κ2) is 5.65. The topological polar surface area (TPSA) is 55.1 Å². The van der Waals surface area contributed by atoms with Crippen LogP contribution in [0.25, 0.3) is 0 Å². The number of aliphatic hydroxyl groups is 1. The van der Waals surface area contributed by atoms with Gasteiger partial charge in [0.05, 0.1) is 0 Å². The van der Waals surface area contributed by atoms with Crippen LogP contribution < -0.4 is 5.56 Å². The van der Waals surface area contributed by atoms with E-state index in [4.69, 9.17) is 16.7 Å². The summed E-state index contributed by atoms with van der Waals surface area (Å²) in [6, 6.07) is 1.37. The van der Waals surface area contributed by atoms with E-state index in [1.165, 1.54) is 6.07 Å². The summed E-state index contributed by atoms with van der Waals surface area (Å²) in [5.74, 6) is 1.26. The van der Waals surface area contributed by atoms with Crippen LogP contribution in [-0.4, -0.2) is 21.3 Å². The number of unbranched alkanes of at least 4 members (excludes halogenated alkanes) is 2. The van der Waals surface area contributed by atoms with Crippen molar-refractivity contribution in [2.24, 2.45) is 0 Å². The smallest absolute Gasteiger partial charge is 0.254 e. The molecule has 0 atom stereocenters. The minimum Gasteiger partial charge on any atom is -0.396 e. The minimum atomic E-state index is -0.0594. The molecule has 17 heavy (non-hydrogen) atoms. The number of halogens is 1. The van der Waals surface area contributed by atoms with Crippen LogP contribution in [0.15, 0.2) is 10.9 Å². The van der Waals surface area contributed by atoms with Crippen molar-refractivity contribution in [3.8, 4) is 0 Å². The summed E-state index contributed by atoms with van der Waals surface area (Å²) in [5.41, 5.74) is -0.0594. The van der Waals surface area contributed by atoms with Crippen LogP contribution in [-0.2, 0) is 6.54 Å². The molecule has 0 aromatic carbocycles. The minimum absolute atomic E-state index is 0.0594. The molecule has 1 heterocycles. The fourth-order valence-corrected chi connectivity index (χ4v) is 2.11. The van der Waals surface area contributed by atoms with Gasteiger partial charge in [-0.3, -0.25) is 9.36 Å². The molecular weight excluding hydrogens is 240 g/mol. The third-order valence-corrected chi connectivity index (χ3v) is 3.18. The Bertz CT molecular complexity index is 441. The molecule has 5 heteroatoms. The zero-order valence-electron chi connectivity index (χ0n) is 9.73. The van der Waals surface area contributed by atoms with E-state index in [0.717, 1.165) is 37.9 Å². The molecule has 0 aliphatic heterocycles. The number of rotatable bonds is 6. The number of aromatic nitrogens is 2. The first-order valence-corrected chi connectivity index (χ1v) is 6.48. The van der Waals surface area contributed by atoms with Gasteiger partial charge in [0.1, 0.15) is 11.0 Å². The van der Waals surface area contributed by atoms with E-state index in [1.807, 2.05) is 0 Å². The molecule has 0 radical (unpaired) electrons. The molecule has 2 rings (SSSR count). The predicted molar refractivity (Wildman–Crippen MR) is 66.4 cm³/mol. The van der Waals surface area contributed by atoms with E-state index in [0.29, 0.717) is 17.6 Å². The Balaban J connectivity index is 2.11. The third-order valence-electron chi connectivity index (χ3n) is 2.99. The molecular formula is C12H17ClN2O2. The van der Waals surface area contributed by atoms with Gasteiger partial charge in [0.2, 0.25) is 0 Å². The summed E-state index contributed by atoms with van der Waals surface area (Å²) in [5, 5.41) is 9.00. The SMILES string of the molecule is O=c1cc(Cl)nc(C2CC2)n1CCCCCO. The van der Waals surface area contributed by atoms with Crippen molar-refractivity contribution in [2.45, 2.75) is 44.6 Å². The second-order valence-corrected chi connectivity index (χ2v) is 4.87. The highest BCUT2D eigenvalue weighted by molar-refractivity contribution is 6.29. The molecule has 0 amide bonds. The average Bonchev–Trinajstić information content (AvgIpc) is 3.09. The highest BCUT2D eigenvalue weighted by Crippen LogP contribution is 2.38. The van der Waals surface area contributed by atoms with Crippen molar-refractivity contribution in [1.29, 1.82) is 0 Å². The van der Waals surface area contributed by atoms with E-state index in [2.05, 4.69) is 4.98 Å². The van der Waals surface area contributed by atoms with Crippen LogP contribution in [0.4, 0.5) is 0 Å². The quantitative estimate of drug-likeness (QED) is 0.625. The Morgan fingerprint density at radius 2 is 2.18 bits per heavy atom. The first kappa shape index (κ1) is 12.6. The third kappa shape index (κ3) is 3.30. The summed E-state index contributed by atoms with van der Waals surface area (Å²) < 4.78 is 1.74. The van der Waals surface area contributed by atoms with Crippen LogP contribution in [0.3, 0.4) is 0 Å². The van der Waals surface area contributed by atoms with Crippen molar-refractivity contribution in [1.82, 2.24) is 9.55 Å². The molecule has 1 N–H and O–H groups in total. The van der Waals surface area contributed by atoms with Gasteiger partial charge >= 0.3 is 0 Å². The second-order valence-electron chi connectivity index (χ2n) is 4.49. The van der Waals surface area contributed by atoms with Crippen molar-refractivity contribution >= 4 is 11.6 Å². The van der Waals surface area contributed by atoms with Crippen LogP contribution in [0, 0.1) is 0 Å². The lowest BCUT2D eigenvalue weighted by atomic mass is 10.2. The molecule has 1 saturated carbocycles. The molecule has 1 aliphatic carbocycles. The first-order chi connectivity index (χ1) is 8.22. The Hall–Kier alpha value is -0.870. The van der Waals surface area contributed by atoms with E-state index in [9.17, 15) is 4.79 Å². The number of aliphatic hydroxyl groups excluding tert-OH is 1. The van der Waals surface area contributed by atoms with Gasteiger partial charge in [0.15, 0.2) is 0 Å². The molecule has 0 unspecified atom stereocenters. The van der Waals surface area contributed by atoms with Gasteiger partial charge in [-0.05, 0) is 32.1 Å². The van der Waals surface area contributed by atoms with Crippen molar-refractivity contribution in [3.05, 3.63) is 27.4 Å². The van der Waals surface area contributed by atoms with Crippen molar-refractivity contribution < 1.29 is 5.11 Å². The fourth-order valence-electron chi connectivity index (χ4n) is 1.93. The molecule has 4 nitrogen and oxygen atoms in total. The monoisotopic (exact) mass is 256 g/mol. The van der Waals surface area contributed by atoms with Crippen LogP contribution >= 0.6 is 11.6 Å². The number of nitrogens with zero attached hydrogens (tertiary/aromatic N) is 2. The number of hydrogen-bond acceptors (Lipinski definition) is 3. The van der Waals surface area contributed by atoms with Gasteiger partial charge in [-0.25, -0.2) is 4.98 Å². The molecule has 0 bridgehead atoms. The lowest BCUT2D eigenvalue weighted by molar-refractivity contribution is 0.281. The van der Waals surface area contributed by atoms with Crippen molar-refractivity contribution in [2.75, 3.05) is 6.61 Å². The van der Waals surface area contributed by atoms with E-state index < -0.39 is 0 Å². The Kier molecular flexibility index (Phi) is 4.18. The maximum atomic E-state index is 11.8. The highest BCUT2D eigenvalue weighted by atomic mass is 35.5. The van der Waals surface area contributed by atoms with E-state index in [-0.39, 0.29) is 12.2 Å². The van der Waals surface area contributed by atoms with Gasteiger partial charge in [-0.1, -0.05) is 11.6 Å².